The lowest BCUT2D eigenvalue weighted by Crippen LogP contribution is -2.38. The first-order valence-electron chi connectivity index (χ1n) is 6.92. The second-order valence-corrected chi connectivity index (χ2v) is 12.3. The molecule has 0 rings (SSSR count). The molecule has 0 saturated heterocycles. The number of hydrogen-bond acceptors (Lipinski definition) is 6. The van der Waals surface area contributed by atoms with Gasteiger partial charge >= 0.3 is 30.4 Å². The van der Waals surface area contributed by atoms with Crippen LogP contribution in [0.3, 0.4) is 0 Å². The zero-order chi connectivity index (χ0) is 21.0. The minimum atomic E-state index is -4.66. The van der Waals surface area contributed by atoms with E-state index < -0.39 is 61.6 Å². The molecule has 1 atom stereocenters. The van der Waals surface area contributed by atoms with Crippen LogP contribution in [-0.2, 0) is 18.3 Å². The lowest BCUT2D eigenvalue weighted by molar-refractivity contribution is 0.201. The summed E-state index contributed by atoms with van der Waals surface area (Å²) in [7, 11) is -18.6. The van der Waals surface area contributed by atoms with Crippen molar-refractivity contribution >= 4 is 30.4 Å². The molecule has 0 aliphatic carbocycles. The zero-order valence-electron chi connectivity index (χ0n) is 13.7. The van der Waals surface area contributed by atoms with Crippen molar-refractivity contribution in [3.05, 3.63) is 0 Å². The van der Waals surface area contributed by atoms with Gasteiger partial charge in [-0.15, -0.1) is 0 Å². The maximum absolute atomic E-state index is 11.1. The number of nitrogens with zero attached hydrogens (tertiary/aromatic N) is 2. The van der Waals surface area contributed by atoms with E-state index >= 15 is 0 Å². The van der Waals surface area contributed by atoms with E-state index in [9.17, 15) is 18.3 Å². The molecule has 1 unspecified atom stereocenters. The van der Waals surface area contributed by atoms with Crippen molar-refractivity contribution < 1.29 is 57.4 Å². The normalized spacial score (nSPS) is 15.7. The van der Waals surface area contributed by atoms with Gasteiger partial charge in [-0.3, -0.25) is 28.1 Å². The van der Waals surface area contributed by atoms with Crippen LogP contribution in [0.2, 0.25) is 0 Å². The van der Waals surface area contributed by atoms with Crippen LogP contribution in [0.25, 0.3) is 0 Å². The van der Waals surface area contributed by atoms with Gasteiger partial charge in [0.05, 0.1) is 0 Å². The molecule has 26 heavy (non-hydrogen) atoms. The SMILES string of the molecule is CC(CCN(CP(=O)(O)O)CP(=O)(O)O)N(CP(=O)(O)O)CP(=O)(O)O. The summed E-state index contributed by atoms with van der Waals surface area (Å²) in [4.78, 5) is 73.5. The van der Waals surface area contributed by atoms with Gasteiger partial charge in [0.15, 0.2) is 0 Å². The molecule has 0 amide bonds. The van der Waals surface area contributed by atoms with Crippen molar-refractivity contribution in [2.45, 2.75) is 19.4 Å². The quantitative estimate of drug-likeness (QED) is 0.160. The molecule has 0 aromatic heterocycles. The lowest BCUT2D eigenvalue weighted by Gasteiger charge is -2.31. The van der Waals surface area contributed by atoms with Gasteiger partial charge in [-0.1, -0.05) is 0 Å². The summed E-state index contributed by atoms with van der Waals surface area (Å²) in [6, 6.07) is -0.869. The molecule has 0 fully saturated rings. The summed E-state index contributed by atoms with van der Waals surface area (Å²) in [5.74, 6) is 0. The zero-order valence-corrected chi connectivity index (χ0v) is 17.3. The lowest BCUT2D eigenvalue weighted by atomic mass is 10.2. The van der Waals surface area contributed by atoms with Crippen LogP contribution in [0.15, 0.2) is 0 Å². The van der Waals surface area contributed by atoms with Crippen LogP contribution >= 0.6 is 30.4 Å². The third-order valence-corrected chi connectivity index (χ3v) is 5.99. The van der Waals surface area contributed by atoms with Crippen molar-refractivity contribution in [1.29, 1.82) is 0 Å². The van der Waals surface area contributed by atoms with Crippen molar-refractivity contribution in [3.63, 3.8) is 0 Å². The summed E-state index contributed by atoms with van der Waals surface area (Å²) in [6.45, 7) is 1.06. The second-order valence-electron chi connectivity index (χ2n) is 5.85. The van der Waals surface area contributed by atoms with Crippen LogP contribution in [-0.4, -0.2) is 86.7 Å². The van der Waals surface area contributed by atoms with Crippen molar-refractivity contribution in [2.75, 3.05) is 31.7 Å². The van der Waals surface area contributed by atoms with Crippen molar-refractivity contribution in [2.24, 2.45) is 0 Å². The Morgan fingerprint density at radius 1 is 0.654 bits per heavy atom. The minimum absolute atomic E-state index is 0.125. The molecule has 14 nitrogen and oxygen atoms in total. The first kappa shape index (κ1) is 26.5. The number of rotatable bonds is 12. The van der Waals surface area contributed by atoms with E-state index in [-0.39, 0.29) is 13.0 Å². The Labute approximate surface area is 149 Å². The summed E-state index contributed by atoms with van der Waals surface area (Å²) in [5.41, 5.74) is 0. The predicted octanol–water partition coefficient (Wildman–Crippen LogP) is -1.09. The van der Waals surface area contributed by atoms with E-state index in [0.717, 1.165) is 9.80 Å². The fourth-order valence-corrected chi connectivity index (χ4v) is 5.60. The Morgan fingerprint density at radius 3 is 1.23 bits per heavy atom. The van der Waals surface area contributed by atoms with E-state index in [1.165, 1.54) is 6.92 Å². The molecule has 0 aromatic carbocycles. The minimum Gasteiger partial charge on any atom is -0.324 e. The van der Waals surface area contributed by atoms with Gasteiger partial charge < -0.3 is 39.1 Å². The molecule has 158 valence electrons. The first-order chi connectivity index (χ1) is 11.3. The van der Waals surface area contributed by atoms with E-state index in [0.29, 0.717) is 0 Å². The molecular weight excluding hydrogens is 440 g/mol. The van der Waals surface area contributed by atoms with Crippen LogP contribution in [0.5, 0.6) is 0 Å². The summed E-state index contributed by atoms with van der Waals surface area (Å²) in [5, 5.41) is 0. The highest BCUT2D eigenvalue weighted by molar-refractivity contribution is 7.53. The summed E-state index contributed by atoms with van der Waals surface area (Å²) in [6.07, 6.45) is -3.96. The van der Waals surface area contributed by atoms with Crippen LogP contribution in [0.4, 0.5) is 0 Å². The monoisotopic (exact) mass is 464 g/mol. The van der Waals surface area contributed by atoms with E-state index in [2.05, 4.69) is 0 Å². The predicted molar refractivity (Wildman–Crippen MR) is 90.3 cm³/mol. The molecule has 0 aromatic rings. The van der Waals surface area contributed by atoms with Crippen molar-refractivity contribution in [1.82, 2.24) is 9.80 Å². The van der Waals surface area contributed by atoms with Crippen LogP contribution in [0.1, 0.15) is 13.3 Å². The van der Waals surface area contributed by atoms with Crippen LogP contribution in [0, 0.1) is 0 Å². The highest BCUT2D eigenvalue weighted by Crippen LogP contribution is 2.43. The average molecular weight is 464 g/mol. The number of hydrogen-bond donors (Lipinski definition) is 8. The highest BCUT2D eigenvalue weighted by Gasteiger charge is 2.31. The Morgan fingerprint density at radius 2 is 0.962 bits per heavy atom. The average Bonchev–Trinajstić information content (AvgIpc) is 2.27. The fraction of sp³-hybridized carbons (Fsp3) is 1.00. The standard InChI is InChI=1S/C8H24N2O12P4/c1-8(10(6-25(17,18)19)7-26(20,21)22)2-3-9(4-23(11,12)13)5-24(14,15)16/h8H,2-7H2,1H3,(H2,11,12,13)(H2,14,15,16)(H2,17,18,19)(H2,20,21,22). The van der Waals surface area contributed by atoms with E-state index in [1.54, 1.807) is 0 Å². The van der Waals surface area contributed by atoms with E-state index in [1.807, 2.05) is 0 Å². The molecule has 8 N–H and O–H groups in total. The van der Waals surface area contributed by atoms with Crippen molar-refractivity contribution in [3.8, 4) is 0 Å². The summed E-state index contributed by atoms with van der Waals surface area (Å²) < 4.78 is 44.4. The smallest absolute Gasteiger partial charge is 0.324 e. The molecule has 0 radical (unpaired) electrons. The van der Waals surface area contributed by atoms with Gasteiger partial charge in [-0.05, 0) is 13.3 Å². The molecule has 0 spiro atoms. The molecular formula is C8H24N2O12P4. The van der Waals surface area contributed by atoms with E-state index in [4.69, 9.17) is 39.1 Å². The Kier molecular flexibility index (Phi) is 10.0. The third kappa shape index (κ3) is 15.6. The molecule has 18 heteroatoms. The van der Waals surface area contributed by atoms with Gasteiger partial charge in [0, 0.05) is 12.6 Å². The maximum atomic E-state index is 11.1. The van der Waals surface area contributed by atoms with Gasteiger partial charge in [0.2, 0.25) is 0 Å². The first-order valence-corrected chi connectivity index (χ1v) is 14.1. The highest BCUT2D eigenvalue weighted by atomic mass is 31.2. The largest absolute Gasteiger partial charge is 0.339 e. The Hall–Kier alpha value is 0.520. The molecule has 0 saturated carbocycles. The van der Waals surface area contributed by atoms with Gasteiger partial charge in [0.25, 0.3) is 0 Å². The topological polar surface area (TPSA) is 237 Å². The van der Waals surface area contributed by atoms with Gasteiger partial charge in [-0.2, -0.15) is 0 Å². The van der Waals surface area contributed by atoms with Crippen LogP contribution < -0.4 is 0 Å². The Balaban J connectivity index is 5.13. The molecule has 0 bridgehead atoms. The Bertz CT molecular complexity index is 585. The van der Waals surface area contributed by atoms with Gasteiger partial charge in [-0.25, -0.2) is 0 Å². The molecule has 0 aliphatic heterocycles. The summed E-state index contributed by atoms with van der Waals surface area (Å²) >= 11 is 0. The fourth-order valence-electron chi connectivity index (χ4n) is 2.06. The molecule has 0 aliphatic rings. The van der Waals surface area contributed by atoms with Gasteiger partial charge in [0.1, 0.15) is 25.1 Å². The maximum Gasteiger partial charge on any atom is 0.339 e. The second kappa shape index (κ2) is 9.82. The molecule has 0 heterocycles. The third-order valence-electron chi connectivity index (χ3n) is 2.99.